The van der Waals surface area contributed by atoms with Crippen LogP contribution in [-0.4, -0.2) is 20.8 Å². The van der Waals surface area contributed by atoms with E-state index in [2.05, 4.69) is 25.2 Å². The number of ether oxygens (including phenoxy) is 2. The molecule has 3 heteroatoms. The maximum Gasteiger partial charge on any atom is 0.123 e. The minimum Gasteiger partial charge on any atom is -0.497 e. The first kappa shape index (κ1) is 13.2. The summed E-state index contributed by atoms with van der Waals surface area (Å²) in [6, 6.07) is 6.40. The largest absolute Gasteiger partial charge is 0.497 e. The van der Waals surface area contributed by atoms with E-state index in [4.69, 9.17) is 9.47 Å². The first-order valence-corrected chi connectivity index (χ1v) is 6.66. The number of benzene rings is 1. The van der Waals surface area contributed by atoms with E-state index in [1.165, 1.54) is 12.0 Å². The van der Waals surface area contributed by atoms with Gasteiger partial charge >= 0.3 is 0 Å². The molecule has 100 valence electrons. The van der Waals surface area contributed by atoms with E-state index >= 15 is 0 Å². The second kappa shape index (κ2) is 5.61. The van der Waals surface area contributed by atoms with E-state index in [1.54, 1.807) is 14.2 Å². The Morgan fingerprint density at radius 1 is 1.33 bits per heavy atom. The third-order valence-electron chi connectivity index (χ3n) is 3.80. The lowest BCUT2D eigenvalue weighted by atomic mass is 9.99. The number of hydrogen-bond acceptors (Lipinski definition) is 3. The van der Waals surface area contributed by atoms with E-state index in [0.717, 1.165) is 24.0 Å². The molecule has 1 aromatic carbocycles. The van der Waals surface area contributed by atoms with Gasteiger partial charge in [-0.3, -0.25) is 0 Å². The number of methoxy groups -OCH3 is 2. The SMILES string of the molecule is CCNC(c1cc(OC)ccc1OC)C1CC1C. The lowest BCUT2D eigenvalue weighted by molar-refractivity contribution is 0.381. The molecule has 3 atom stereocenters. The quantitative estimate of drug-likeness (QED) is 0.840. The Hall–Kier alpha value is -1.22. The van der Waals surface area contributed by atoms with Gasteiger partial charge in [0.05, 0.1) is 14.2 Å². The fourth-order valence-corrected chi connectivity index (χ4v) is 2.61. The Kier molecular flexibility index (Phi) is 4.12. The molecule has 18 heavy (non-hydrogen) atoms. The number of nitrogens with one attached hydrogen (secondary N) is 1. The van der Waals surface area contributed by atoms with Crippen molar-refractivity contribution in [3.05, 3.63) is 23.8 Å². The maximum atomic E-state index is 5.49. The first-order valence-electron chi connectivity index (χ1n) is 6.66. The molecular formula is C15H23NO2. The van der Waals surface area contributed by atoms with Crippen LogP contribution in [0.3, 0.4) is 0 Å². The predicted molar refractivity (Wildman–Crippen MR) is 73.2 cm³/mol. The molecule has 0 amide bonds. The van der Waals surface area contributed by atoms with Crippen molar-refractivity contribution >= 4 is 0 Å². The summed E-state index contributed by atoms with van der Waals surface area (Å²) in [5.74, 6) is 3.35. The summed E-state index contributed by atoms with van der Waals surface area (Å²) in [7, 11) is 3.43. The van der Waals surface area contributed by atoms with Gasteiger partial charge in [0.25, 0.3) is 0 Å². The van der Waals surface area contributed by atoms with Gasteiger partial charge in [0.1, 0.15) is 11.5 Å². The topological polar surface area (TPSA) is 30.5 Å². The minimum atomic E-state index is 0.370. The van der Waals surface area contributed by atoms with E-state index in [-0.39, 0.29) is 0 Å². The van der Waals surface area contributed by atoms with Crippen molar-refractivity contribution in [2.75, 3.05) is 20.8 Å². The van der Waals surface area contributed by atoms with Crippen LogP contribution in [0.2, 0.25) is 0 Å². The van der Waals surface area contributed by atoms with Crippen molar-refractivity contribution in [3.63, 3.8) is 0 Å². The third-order valence-corrected chi connectivity index (χ3v) is 3.80. The van der Waals surface area contributed by atoms with Gasteiger partial charge in [-0.05, 0) is 43.0 Å². The van der Waals surface area contributed by atoms with Crippen LogP contribution < -0.4 is 14.8 Å². The zero-order valence-electron chi connectivity index (χ0n) is 11.7. The molecular weight excluding hydrogens is 226 g/mol. The highest BCUT2D eigenvalue weighted by Crippen LogP contribution is 2.49. The molecule has 3 nitrogen and oxygen atoms in total. The molecule has 0 aliphatic heterocycles. The van der Waals surface area contributed by atoms with Crippen LogP contribution in [-0.2, 0) is 0 Å². The summed E-state index contributed by atoms with van der Waals surface area (Å²) in [5, 5.41) is 3.58. The Bertz CT molecular complexity index is 405. The highest BCUT2D eigenvalue weighted by molar-refractivity contribution is 5.43. The van der Waals surface area contributed by atoms with Gasteiger partial charge < -0.3 is 14.8 Å². The van der Waals surface area contributed by atoms with Crippen LogP contribution in [0, 0.1) is 11.8 Å². The molecule has 2 rings (SSSR count). The normalized spacial score (nSPS) is 23.6. The molecule has 1 aromatic rings. The number of hydrogen-bond donors (Lipinski definition) is 1. The Labute approximate surface area is 109 Å². The fourth-order valence-electron chi connectivity index (χ4n) is 2.61. The van der Waals surface area contributed by atoms with E-state index < -0.39 is 0 Å². The van der Waals surface area contributed by atoms with E-state index in [1.807, 2.05) is 12.1 Å². The molecule has 1 fully saturated rings. The lowest BCUT2D eigenvalue weighted by Crippen LogP contribution is -2.23. The molecule has 0 bridgehead atoms. The zero-order valence-corrected chi connectivity index (χ0v) is 11.7. The van der Waals surface area contributed by atoms with Crippen LogP contribution in [0.5, 0.6) is 11.5 Å². The number of rotatable bonds is 6. The molecule has 1 N–H and O–H groups in total. The van der Waals surface area contributed by atoms with Gasteiger partial charge in [-0.15, -0.1) is 0 Å². The molecule has 1 saturated carbocycles. The van der Waals surface area contributed by atoms with Crippen molar-refractivity contribution in [1.29, 1.82) is 0 Å². The second-order valence-electron chi connectivity index (χ2n) is 5.02. The van der Waals surface area contributed by atoms with Gasteiger partial charge in [-0.2, -0.15) is 0 Å². The molecule has 0 aromatic heterocycles. The fraction of sp³-hybridized carbons (Fsp3) is 0.600. The van der Waals surface area contributed by atoms with Crippen LogP contribution in [0.25, 0.3) is 0 Å². The summed E-state index contributed by atoms with van der Waals surface area (Å²) < 4.78 is 10.8. The molecule has 1 aliphatic rings. The van der Waals surface area contributed by atoms with Crippen molar-refractivity contribution in [2.24, 2.45) is 11.8 Å². The van der Waals surface area contributed by atoms with Crippen molar-refractivity contribution in [2.45, 2.75) is 26.3 Å². The van der Waals surface area contributed by atoms with E-state index in [9.17, 15) is 0 Å². The highest BCUT2D eigenvalue weighted by atomic mass is 16.5. The molecule has 0 spiro atoms. The standard InChI is InChI=1S/C15H23NO2/c1-5-16-15(12-8-10(12)2)13-9-11(17-3)6-7-14(13)18-4/h6-7,9-10,12,15-16H,5,8H2,1-4H3. The van der Waals surface area contributed by atoms with E-state index in [0.29, 0.717) is 12.0 Å². The Morgan fingerprint density at radius 2 is 2.06 bits per heavy atom. The summed E-state index contributed by atoms with van der Waals surface area (Å²) in [6.45, 7) is 5.42. The summed E-state index contributed by atoms with van der Waals surface area (Å²) in [5.41, 5.74) is 1.22. The molecule has 0 saturated heterocycles. The van der Waals surface area contributed by atoms with Crippen LogP contribution >= 0.6 is 0 Å². The zero-order chi connectivity index (χ0) is 13.1. The molecule has 0 heterocycles. The Balaban J connectivity index is 2.32. The Morgan fingerprint density at radius 3 is 2.56 bits per heavy atom. The van der Waals surface area contributed by atoms with Crippen LogP contribution in [0.15, 0.2) is 18.2 Å². The van der Waals surface area contributed by atoms with Crippen LogP contribution in [0.1, 0.15) is 31.9 Å². The van der Waals surface area contributed by atoms with Gasteiger partial charge in [-0.1, -0.05) is 13.8 Å². The predicted octanol–water partition coefficient (Wildman–Crippen LogP) is 3.01. The minimum absolute atomic E-state index is 0.370. The van der Waals surface area contributed by atoms with Crippen LogP contribution in [0.4, 0.5) is 0 Å². The third kappa shape index (κ3) is 2.61. The second-order valence-corrected chi connectivity index (χ2v) is 5.02. The maximum absolute atomic E-state index is 5.49. The lowest BCUT2D eigenvalue weighted by Gasteiger charge is -2.21. The van der Waals surface area contributed by atoms with Crippen molar-refractivity contribution in [3.8, 4) is 11.5 Å². The average molecular weight is 249 g/mol. The monoisotopic (exact) mass is 249 g/mol. The first-order chi connectivity index (χ1) is 8.71. The van der Waals surface area contributed by atoms with Crippen molar-refractivity contribution < 1.29 is 9.47 Å². The van der Waals surface area contributed by atoms with Gasteiger partial charge in [0.15, 0.2) is 0 Å². The summed E-state index contributed by atoms with van der Waals surface area (Å²) in [6.07, 6.45) is 1.29. The molecule has 3 unspecified atom stereocenters. The smallest absolute Gasteiger partial charge is 0.123 e. The summed E-state index contributed by atoms with van der Waals surface area (Å²) >= 11 is 0. The highest BCUT2D eigenvalue weighted by Gasteiger charge is 2.40. The van der Waals surface area contributed by atoms with Gasteiger partial charge in [0, 0.05) is 11.6 Å². The molecule has 0 radical (unpaired) electrons. The van der Waals surface area contributed by atoms with Crippen molar-refractivity contribution in [1.82, 2.24) is 5.32 Å². The average Bonchev–Trinajstić information content (AvgIpc) is 3.12. The summed E-state index contributed by atoms with van der Waals surface area (Å²) in [4.78, 5) is 0. The molecule has 1 aliphatic carbocycles. The van der Waals surface area contributed by atoms with Gasteiger partial charge in [-0.25, -0.2) is 0 Å². The van der Waals surface area contributed by atoms with Gasteiger partial charge in [0.2, 0.25) is 0 Å².